The van der Waals surface area contributed by atoms with E-state index in [1.54, 1.807) is 0 Å². The van der Waals surface area contributed by atoms with Gasteiger partial charge in [0.15, 0.2) is 0 Å². The fourth-order valence-corrected chi connectivity index (χ4v) is 3.20. The molecular formula is C14H21BrN4O2. The summed E-state index contributed by atoms with van der Waals surface area (Å²) in [6, 6.07) is 1.81. The highest BCUT2D eigenvalue weighted by molar-refractivity contribution is 9.10. The zero-order valence-corrected chi connectivity index (χ0v) is 14.0. The van der Waals surface area contributed by atoms with Gasteiger partial charge in [0.05, 0.1) is 9.40 Å². The summed E-state index contributed by atoms with van der Waals surface area (Å²) >= 11 is 3.42. The molecule has 1 saturated heterocycles. The molecule has 1 N–H and O–H groups in total. The number of nitrogens with zero attached hydrogens (tertiary/aromatic N) is 3. The van der Waals surface area contributed by atoms with Gasteiger partial charge < -0.3 is 10.2 Å². The SMILES string of the molecule is CC(C)N(CC1CCCNC1)c1ncc([N+](=O)[O-])cc1Br. The zero-order valence-electron chi connectivity index (χ0n) is 12.4. The molecule has 6 nitrogen and oxygen atoms in total. The molecule has 21 heavy (non-hydrogen) atoms. The van der Waals surface area contributed by atoms with Crippen molar-refractivity contribution in [3.63, 3.8) is 0 Å². The van der Waals surface area contributed by atoms with Crippen molar-refractivity contribution in [1.82, 2.24) is 10.3 Å². The predicted molar refractivity (Wildman–Crippen MR) is 86.7 cm³/mol. The van der Waals surface area contributed by atoms with Crippen molar-refractivity contribution in [2.75, 3.05) is 24.5 Å². The smallest absolute Gasteiger partial charge is 0.288 e. The molecule has 0 aromatic carbocycles. The van der Waals surface area contributed by atoms with Crippen LogP contribution in [0.2, 0.25) is 0 Å². The summed E-state index contributed by atoms with van der Waals surface area (Å²) in [7, 11) is 0. The molecule has 0 spiro atoms. The van der Waals surface area contributed by atoms with Crippen LogP contribution in [0.4, 0.5) is 11.5 Å². The molecule has 0 bridgehead atoms. The Hall–Kier alpha value is -1.21. The van der Waals surface area contributed by atoms with Gasteiger partial charge in [0.2, 0.25) is 0 Å². The molecule has 0 radical (unpaired) electrons. The molecule has 0 saturated carbocycles. The van der Waals surface area contributed by atoms with Crippen LogP contribution in [0.25, 0.3) is 0 Å². The van der Waals surface area contributed by atoms with E-state index >= 15 is 0 Å². The first-order valence-corrected chi connectivity index (χ1v) is 8.05. The van der Waals surface area contributed by atoms with E-state index in [2.05, 4.69) is 45.0 Å². The summed E-state index contributed by atoms with van der Waals surface area (Å²) in [5, 5.41) is 14.2. The minimum atomic E-state index is -0.424. The Kier molecular flexibility index (Phi) is 5.52. The van der Waals surface area contributed by atoms with Crippen molar-refractivity contribution in [3.05, 3.63) is 26.9 Å². The highest BCUT2D eigenvalue weighted by atomic mass is 79.9. The highest BCUT2D eigenvalue weighted by Gasteiger charge is 2.22. The van der Waals surface area contributed by atoms with Gasteiger partial charge in [0.25, 0.3) is 5.69 Å². The summed E-state index contributed by atoms with van der Waals surface area (Å²) in [6.45, 7) is 7.26. The Morgan fingerprint density at radius 2 is 2.38 bits per heavy atom. The molecule has 2 rings (SSSR count). The molecule has 1 atom stereocenters. The topological polar surface area (TPSA) is 71.3 Å². The lowest BCUT2D eigenvalue weighted by molar-refractivity contribution is -0.385. The van der Waals surface area contributed by atoms with Gasteiger partial charge in [-0.25, -0.2) is 4.98 Å². The Morgan fingerprint density at radius 3 is 2.90 bits per heavy atom. The third-order valence-corrected chi connectivity index (χ3v) is 4.35. The number of aromatic nitrogens is 1. The maximum absolute atomic E-state index is 10.8. The maximum Gasteiger partial charge on any atom is 0.288 e. The molecule has 2 heterocycles. The molecule has 1 unspecified atom stereocenters. The normalized spacial score (nSPS) is 18.8. The average molecular weight is 357 g/mol. The van der Waals surface area contributed by atoms with Gasteiger partial charge in [0, 0.05) is 18.7 Å². The van der Waals surface area contributed by atoms with Crippen molar-refractivity contribution < 1.29 is 4.92 Å². The van der Waals surface area contributed by atoms with E-state index in [0.717, 1.165) is 25.5 Å². The van der Waals surface area contributed by atoms with Crippen LogP contribution < -0.4 is 10.2 Å². The monoisotopic (exact) mass is 356 g/mol. The molecule has 1 fully saturated rings. The van der Waals surface area contributed by atoms with Crippen molar-refractivity contribution in [3.8, 4) is 0 Å². The van der Waals surface area contributed by atoms with Crippen LogP contribution >= 0.6 is 15.9 Å². The number of hydrogen-bond donors (Lipinski definition) is 1. The Labute approximate surface area is 133 Å². The minimum absolute atomic E-state index is 0.00802. The van der Waals surface area contributed by atoms with E-state index < -0.39 is 4.92 Å². The van der Waals surface area contributed by atoms with Crippen LogP contribution in [0, 0.1) is 16.0 Å². The van der Waals surface area contributed by atoms with Crippen molar-refractivity contribution in [2.45, 2.75) is 32.7 Å². The Morgan fingerprint density at radius 1 is 1.62 bits per heavy atom. The van der Waals surface area contributed by atoms with Gasteiger partial charge in [-0.3, -0.25) is 10.1 Å². The van der Waals surface area contributed by atoms with Crippen molar-refractivity contribution in [1.29, 1.82) is 0 Å². The molecule has 1 aromatic rings. The molecule has 1 aromatic heterocycles. The Balaban J connectivity index is 2.19. The lowest BCUT2D eigenvalue weighted by Gasteiger charge is -2.34. The summed E-state index contributed by atoms with van der Waals surface area (Å²) in [6.07, 6.45) is 3.74. The number of rotatable bonds is 5. The summed E-state index contributed by atoms with van der Waals surface area (Å²) in [4.78, 5) is 16.9. The second-order valence-corrected chi connectivity index (χ2v) is 6.57. The minimum Gasteiger partial charge on any atom is -0.353 e. The quantitative estimate of drug-likeness (QED) is 0.648. The van der Waals surface area contributed by atoms with Gasteiger partial charge in [-0.15, -0.1) is 0 Å². The number of pyridine rings is 1. The van der Waals surface area contributed by atoms with E-state index in [1.807, 2.05) is 0 Å². The van der Waals surface area contributed by atoms with Crippen LogP contribution in [0.5, 0.6) is 0 Å². The maximum atomic E-state index is 10.8. The van der Waals surface area contributed by atoms with Crippen molar-refractivity contribution >= 4 is 27.4 Å². The standard InChI is InChI=1S/C14H21BrN4O2/c1-10(2)18(9-11-4-3-5-16-7-11)14-13(15)6-12(8-17-14)19(20)21/h6,8,10-11,16H,3-5,7,9H2,1-2H3. The number of hydrogen-bond acceptors (Lipinski definition) is 5. The lowest BCUT2D eigenvalue weighted by atomic mass is 9.98. The molecule has 1 aliphatic heterocycles. The van der Waals surface area contributed by atoms with E-state index in [9.17, 15) is 10.1 Å². The van der Waals surface area contributed by atoms with Gasteiger partial charge in [0.1, 0.15) is 12.0 Å². The fourth-order valence-electron chi connectivity index (χ4n) is 2.63. The van der Waals surface area contributed by atoms with Crippen LogP contribution in [-0.2, 0) is 0 Å². The van der Waals surface area contributed by atoms with Gasteiger partial charge in [-0.1, -0.05) is 0 Å². The summed E-state index contributed by atoms with van der Waals surface area (Å²) in [5.74, 6) is 1.37. The molecule has 0 amide bonds. The molecular weight excluding hydrogens is 336 g/mol. The molecule has 7 heteroatoms. The van der Waals surface area contributed by atoms with E-state index in [0.29, 0.717) is 10.4 Å². The summed E-state index contributed by atoms with van der Waals surface area (Å²) in [5.41, 5.74) is 0.00802. The molecule has 116 valence electrons. The number of halogens is 1. The van der Waals surface area contributed by atoms with E-state index in [4.69, 9.17) is 0 Å². The zero-order chi connectivity index (χ0) is 15.4. The first-order chi connectivity index (χ1) is 9.99. The molecule has 1 aliphatic rings. The van der Waals surface area contributed by atoms with Crippen LogP contribution in [-0.4, -0.2) is 35.6 Å². The number of piperidine rings is 1. The van der Waals surface area contributed by atoms with Crippen molar-refractivity contribution in [2.24, 2.45) is 5.92 Å². The second-order valence-electron chi connectivity index (χ2n) is 5.71. The highest BCUT2D eigenvalue weighted by Crippen LogP contribution is 2.30. The lowest BCUT2D eigenvalue weighted by Crippen LogP contribution is -2.41. The van der Waals surface area contributed by atoms with Crippen LogP contribution in [0.3, 0.4) is 0 Å². The number of nitrogens with one attached hydrogen (secondary N) is 1. The number of anilines is 1. The Bertz CT molecular complexity index is 504. The third kappa shape index (κ3) is 4.14. The van der Waals surface area contributed by atoms with Crippen LogP contribution in [0.15, 0.2) is 16.7 Å². The average Bonchev–Trinajstić information content (AvgIpc) is 2.46. The van der Waals surface area contributed by atoms with Gasteiger partial charge in [-0.05, 0) is 61.6 Å². The third-order valence-electron chi connectivity index (χ3n) is 3.77. The largest absolute Gasteiger partial charge is 0.353 e. The predicted octanol–water partition coefficient (Wildman–Crippen LogP) is 2.97. The number of nitro groups is 1. The van der Waals surface area contributed by atoms with E-state index in [1.165, 1.54) is 25.1 Å². The second kappa shape index (κ2) is 7.17. The van der Waals surface area contributed by atoms with Gasteiger partial charge >= 0.3 is 0 Å². The summed E-state index contributed by atoms with van der Waals surface area (Å²) < 4.78 is 0.675. The fraction of sp³-hybridized carbons (Fsp3) is 0.643. The molecule has 0 aliphatic carbocycles. The van der Waals surface area contributed by atoms with E-state index in [-0.39, 0.29) is 11.7 Å². The van der Waals surface area contributed by atoms with Gasteiger partial charge in [-0.2, -0.15) is 0 Å². The first-order valence-electron chi connectivity index (χ1n) is 7.26. The first kappa shape index (κ1) is 16.2. The van der Waals surface area contributed by atoms with Crippen LogP contribution in [0.1, 0.15) is 26.7 Å².